The van der Waals surface area contributed by atoms with Crippen LogP contribution in [0.5, 0.6) is 0 Å². The molecule has 0 amide bonds. The maximum absolute atomic E-state index is 12.2. The third-order valence-electron chi connectivity index (χ3n) is 2.38. The normalized spacial score (nSPS) is 11.6. The summed E-state index contributed by atoms with van der Waals surface area (Å²) in [6.07, 6.45) is 1.39. The third-order valence-corrected chi connectivity index (χ3v) is 4.09. The second-order valence-corrected chi connectivity index (χ2v) is 5.75. The first kappa shape index (κ1) is 16.2. The zero-order chi connectivity index (χ0) is 15.3. The Kier molecular flexibility index (Phi) is 5.28. The molecular formula is C11H15NO7S. The van der Waals surface area contributed by atoms with E-state index < -0.39 is 33.6 Å². The highest BCUT2D eigenvalue weighted by Crippen LogP contribution is 2.19. The van der Waals surface area contributed by atoms with Gasteiger partial charge in [-0.1, -0.05) is 6.92 Å². The van der Waals surface area contributed by atoms with Crippen molar-refractivity contribution in [2.75, 3.05) is 20.2 Å². The fourth-order valence-electron chi connectivity index (χ4n) is 1.49. The van der Waals surface area contributed by atoms with Crippen LogP contribution in [-0.4, -0.2) is 50.0 Å². The predicted octanol–water partition coefficient (Wildman–Crippen LogP) is 0.551. The summed E-state index contributed by atoms with van der Waals surface area (Å²) in [7, 11) is -2.95. The smallest absolute Gasteiger partial charge is 0.341 e. The molecule has 1 heterocycles. The van der Waals surface area contributed by atoms with Gasteiger partial charge in [-0.15, -0.1) is 0 Å². The molecular weight excluding hydrogens is 290 g/mol. The molecule has 112 valence electrons. The quantitative estimate of drug-likeness (QED) is 0.731. The summed E-state index contributed by atoms with van der Waals surface area (Å²) in [5.41, 5.74) is -0.0575. The predicted molar refractivity (Wildman–Crippen MR) is 66.7 cm³/mol. The molecule has 0 aliphatic rings. The first-order valence-electron chi connectivity index (χ1n) is 5.71. The van der Waals surface area contributed by atoms with Gasteiger partial charge in [-0.2, -0.15) is 4.31 Å². The first-order valence-corrected chi connectivity index (χ1v) is 7.15. The van der Waals surface area contributed by atoms with Gasteiger partial charge in [0, 0.05) is 12.6 Å². The number of carboxylic acids is 1. The number of rotatable bonds is 7. The van der Waals surface area contributed by atoms with E-state index in [1.165, 1.54) is 0 Å². The van der Waals surface area contributed by atoms with Crippen LogP contribution < -0.4 is 0 Å². The molecule has 1 rings (SSSR count). The summed E-state index contributed by atoms with van der Waals surface area (Å²) in [6.45, 7) is 1.07. The van der Waals surface area contributed by atoms with Crippen molar-refractivity contribution in [2.45, 2.75) is 18.4 Å². The average molecular weight is 305 g/mol. The lowest BCUT2D eigenvalue weighted by molar-refractivity contribution is -0.137. The van der Waals surface area contributed by atoms with E-state index in [0.717, 1.165) is 23.7 Å². The standard InChI is InChI=1S/C11H15NO7S/c1-3-4-12(6-9(13)14)20(16,17)10-5-8(7-19-10)11(15)18-2/h5,7H,3-4,6H2,1-2H3,(H,13,14). The molecule has 0 aliphatic heterocycles. The minimum absolute atomic E-state index is 0.0306. The summed E-state index contributed by atoms with van der Waals surface area (Å²) in [5, 5.41) is 8.25. The number of nitrogens with zero attached hydrogens (tertiary/aromatic N) is 1. The lowest BCUT2D eigenvalue weighted by atomic mass is 10.3. The lowest BCUT2D eigenvalue weighted by Crippen LogP contribution is -2.36. The Bertz CT molecular complexity index is 590. The molecule has 0 fully saturated rings. The van der Waals surface area contributed by atoms with E-state index in [4.69, 9.17) is 9.52 Å². The van der Waals surface area contributed by atoms with E-state index in [1.54, 1.807) is 6.92 Å². The number of aliphatic carboxylic acids is 1. The Hall–Kier alpha value is -1.87. The van der Waals surface area contributed by atoms with Crippen molar-refractivity contribution >= 4 is 22.0 Å². The van der Waals surface area contributed by atoms with Gasteiger partial charge in [0.05, 0.1) is 12.7 Å². The van der Waals surface area contributed by atoms with Gasteiger partial charge in [-0.25, -0.2) is 13.2 Å². The number of hydrogen-bond acceptors (Lipinski definition) is 6. The molecule has 0 unspecified atom stereocenters. The third kappa shape index (κ3) is 3.58. The Morgan fingerprint density at radius 1 is 1.45 bits per heavy atom. The summed E-state index contributed by atoms with van der Waals surface area (Å²) in [4.78, 5) is 22.0. The number of carbonyl (C=O) groups excluding carboxylic acids is 1. The van der Waals surface area contributed by atoms with Crippen molar-refractivity contribution in [3.05, 3.63) is 17.9 Å². The number of esters is 1. The number of sulfonamides is 1. The van der Waals surface area contributed by atoms with Crippen molar-refractivity contribution < 1.29 is 32.3 Å². The summed E-state index contributed by atoms with van der Waals surface area (Å²) in [5.74, 6) is -2.02. The van der Waals surface area contributed by atoms with Crippen molar-refractivity contribution in [1.82, 2.24) is 4.31 Å². The zero-order valence-electron chi connectivity index (χ0n) is 11.0. The highest BCUT2D eigenvalue weighted by molar-refractivity contribution is 7.89. The monoisotopic (exact) mass is 305 g/mol. The summed E-state index contributed by atoms with van der Waals surface area (Å²) >= 11 is 0. The van der Waals surface area contributed by atoms with Gasteiger partial charge in [-0.3, -0.25) is 4.79 Å². The molecule has 20 heavy (non-hydrogen) atoms. The molecule has 8 nitrogen and oxygen atoms in total. The minimum atomic E-state index is -4.10. The number of carbonyl (C=O) groups is 2. The van der Waals surface area contributed by atoms with Gasteiger partial charge in [0.1, 0.15) is 12.8 Å². The molecule has 0 saturated carbocycles. The van der Waals surface area contributed by atoms with Gasteiger partial charge in [0.25, 0.3) is 10.0 Å². The van der Waals surface area contributed by atoms with Crippen LogP contribution in [0, 0.1) is 0 Å². The number of furan rings is 1. The topological polar surface area (TPSA) is 114 Å². The Balaban J connectivity index is 3.09. The average Bonchev–Trinajstić information content (AvgIpc) is 2.87. The van der Waals surface area contributed by atoms with Crippen LogP contribution in [0.25, 0.3) is 0 Å². The molecule has 0 saturated heterocycles. The molecule has 0 radical (unpaired) electrons. The SMILES string of the molecule is CCCN(CC(=O)O)S(=O)(=O)c1cc(C(=O)OC)co1. The van der Waals surface area contributed by atoms with Gasteiger partial charge in [0.2, 0.25) is 5.09 Å². The van der Waals surface area contributed by atoms with Crippen molar-refractivity contribution in [2.24, 2.45) is 0 Å². The number of carboxylic acid groups (broad SMARTS) is 1. The van der Waals surface area contributed by atoms with Gasteiger partial charge >= 0.3 is 11.9 Å². The molecule has 9 heteroatoms. The first-order chi connectivity index (χ1) is 9.32. The van der Waals surface area contributed by atoms with Crippen molar-refractivity contribution in [3.63, 3.8) is 0 Å². The second kappa shape index (κ2) is 6.53. The molecule has 1 aromatic heterocycles. The summed E-state index contributed by atoms with van der Waals surface area (Å²) < 4.78 is 34.4. The van der Waals surface area contributed by atoms with Crippen LogP contribution >= 0.6 is 0 Å². The lowest BCUT2D eigenvalue weighted by Gasteiger charge is -2.17. The Labute approximate surface area is 116 Å². The van der Waals surface area contributed by atoms with Crippen molar-refractivity contribution in [3.8, 4) is 0 Å². The Morgan fingerprint density at radius 2 is 2.10 bits per heavy atom. The highest BCUT2D eigenvalue weighted by Gasteiger charge is 2.29. The van der Waals surface area contributed by atoms with E-state index in [9.17, 15) is 18.0 Å². The number of ether oxygens (including phenoxy) is 1. The van der Waals surface area contributed by atoms with Crippen molar-refractivity contribution in [1.29, 1.82) is 0 Å². The maximum Gasteiger partial charge on any atom is 0.341 e. The van der Waals surface area contributed by atoms with Crippen LogP contribution in [0.15, 0.2) is 21.8 Å². The molecule has 0 atom stereocenters. The van der Waals surface area contributed by atoms with Crippen LogP contribution in [0.4, 0.5) is 0 Å². The maximum atomic E-state index is 12.2. The van der Waals surface area contributed by atoms with Crippen LogP contribution in [-0.2, 0) is 19.6 Å². The Morgan fingerprint density at radius 3 is 2.60 bits per heavy atom. The molecule has 1 N–H and O–H groups in total. The van der Waals surface area contributed by atoms with Crippen LogP contribution in [0.1, 0.15) is 23.7 Å². The zero-order valence-corrected chi connectivity index (χ0v) is 11.8. The van der Waals surface area contributed by atoms with E-state index in [2.05, 4.69) is 4.74 Å². The molecule has 1 aromatic rings. The number of methoxy groups -OCH3 is 1. The molecule has 0 spiro atoms. The van der Waals surface area contributed by atoms with Gasteiger partial charge in [0.15, 0.2) is 0 Å². The number of hydrogen-bond donors (Lipinski definition) is 1. The fourth-order valence-corrected chi connectivity index (χ4v) is 2.89. The van der Waals surface area contributed by atoms with E-state index in [-0.39, 0.29) is 12.1 Å². The van der Waals surface area contributed by atoms with Crippen LogP contribution in [0.2, 0.25) is 0 Å². The highest BCUT2D eigenvalue weighted by atomic mass is 32.2. The molecule has 0 bridgehead atoms. The molecule has 0 aliphatic carbocycles. The van der Waals surface area contributed by atoms with Gasteiger partial charge < -0.3 is 14.3 Å². The van der Waals surface area contributed by atoms with Crippen LogP contribution in [0.3, 0.4) is 0 Å². The van der Waals surface area contributed by atoms with E-state index in [1.807, 2.05) is 0 Å². The molecule has 0 aromatic carbocycles. The largest absolute Gasteiger partial charge is 0.480 e. The van der Waals surface area contributed by atoms with Gasteiger partial charge in [-0.05, 0) is 6.42 Å². The summed E-state index contributed by atoms with van der Waals surface area (Å²) in [6, 6.07) is 1.01. The fraction of sp³-hybridized carbons (Fsp3) is 0.455. The second-order valence-electron chi connectivity index (χ2n) is 3.88. The van der Waals surface area contributed by atoms with E-state index >= 15 is 0 Å². The minimum Gasteiger partial charge on any atom is -0.480 e. The van der Waals surface area contributed by atoms with E-state index in [0.29, 0.717) is 6.42 Å².